The van der Waals surface area contributed by atoms with E-state index in [4.69, 9.17) is 4.74 Å². The maximum absolute atomic E-state index is 12.2. The smallest absolute Gasteiger partial charge is 0.313 e. The third-order valence-electron chi connectivity index (χ3n) is 3.51. The van der Waals surface area contributed by atoms with Crippen LogP contribution in [0.15, 0.2) is 48.5 Å². The standard InChI is InChI=1S/C18H18N2O5/c1-12-3-5-14(6-4-12)17(19-13(2)21)11-18(22)25-16-9-7-15(8-10-16)20(23)24/h3-10,17H,11H2,1-2H3,(H,19,21). The van der Waals surface area contributed by atoms with Crippen LogP contribution >= 0.6 is 0 Å². The Kier molecular flexibility index (Phi) is 5.84. The number of carbonyl (C=O) groups is 2. The average Bonchev–Trinajstić information content (AvgIpc) is 2.55. The summed E-state index contributed by atoms with van der Waals surface area (Å²) >= 11 is 0. The number of nitrogens with one attached hydrogen (secondary N) is 1. The molecular formula is C18H18N2O5. The van der Waals surface area contributed by atoms with E-state index in [2.05, 4.69) is 5.32 Å². The maximum Gasteiger partial charge on any atom is 0.313 e. The second kappa shape index (κ2) is 8.05. The molecule has 1 amide bonds. The van der Waals surface area contributed by atoms with E-state index >= 15 is 0 Å². The van der Waals surface area contributed by atoms with Gasteiger partial charge in [-0.25, -0.2) is 0 Å². The van der Waals surface area contributed by atoms with Crippen molar-refractivity contribution < 1.29 is 19.2 Å². The number of nitrogens with zero attached hydrogens (tertiary/aromatic N) is 1. The van der Waals surface area contributed by atoms with E-state index in [1.807, 2.05) is 31.2 Å². The van der Waals surface area contributed by atoms with Crippen LogP contribution in [0.5, 0.6) is 5.75 Å². The molecule has 7 nitrogen and oxygen atoms in total. The number of ether oxygens (including phenoxy) is 1. The van der Waals surface area contributed by atoms with E-state index < -0.39 is 16.9 Å². The first-order valence-corrected chi connectivity index (χ1v) is 7.64. The quantitative estimate of drug-likeness (QED) is 0.376. The average molecular weight is 342 g/mol. The van der Waals surface area contributed by atoms with Crippen molar-refractivity contribution in [3.05, 3.63) is 69.8 Å². The molecule has 0 saturated carbocycles. The third-order valence-corrected chi connectivity index (χ3v) is 3.51. The van der Waals surface area contributed by atoms with Gasteiger partial charge in [-0.05, 0) is 24.6 Å². The summed E-state index contributed by atoms with van der Waals surface area (Å²) in [5.41, 5.74) is 1.77. The molecule has 0 aliphatic carbocycles. The van der Waals surface area contributed by atoms with E-state index in [0.29, 0.717) is 0 Å². The predicted molar refractivity (Wildman–Crippen MR) is 91.1 cm³/mol. The number of non-ortho nitro benzene ring substituents is 1. The molecule has 1 atom stereocenters. The molecule has 2 aromatic carbocycles. The van der Waals surface area contributed by atoms with Crippen LogP contribution in [0.1, 0.15) is 30.5 Å². The van der Waals surface area contributed by atoms with Crippen molar-refractivity contribution >= 4 is 17.6 Å². The van der Waals surface area contributed by atoms with Crippen molar-refractivity contribution in [3.8, 4) is 5.75 Å². The Labute approximate surface area is 144 Å². The van der Waals surface area contributed by atoms with Gasteiger partial charge in [0.2, 0.25) is 5.91 Å². The van der Waals surface area contributed by atoms with Gasteiger partial charge in [0.15, 0.2) is 0 Å². The highest BCUT2D eigenvalue weighted by molar-refractivity contribution is 5.77. The maximum atomic E-state index is 12.2. The largest absolute Gasteiger partial charge is 0.426 e. The number of esters is 1. The molecule has 0 fully saturated rings. The lowest BCUT2D eigenvalue weighted by molar-refractivity contribution is -0.384. The molecule has 0 aliphatic heterocycles. The van der Waals surface area contributed by atoms with Gasteiger partial charge in [0.05, 0.1) is 17.4 Å². The SMILES string of the molecule is CC(=O)NC(CC(=O)Oc1ccc([N+](=O)[O-])cc1)c1ccc(C)cc1. The lowest BCUT2D eigenvalue weighted by Crippen LogP contribution is -2.29. The number of hydrogen-bond donors (Lipinski definition) is 1. The number of carbonyl (C=O) groups excluding carboxylic acids is 2. The number of amides is 1. The van der Waals surface area contributed by atoms with Gasteiger partial charge in [-0.3, -0.25) is 19.7 Å². The van der Waals surface area contributed by atoms with E-state index in [0.717, 1.165) is 11.1 Å². The molecule has 0 radical (unpaired) electrons. The fourth-order valence-corrected chi connectivity index (χ4v) is 2.27. The van der Waals surface area contributed by atoms with Crippen molar-refractivity contribution in [1.29, 1.82) is 0 Å². The Hall–Kier alpha value is -3.22. The molecule has 0 heterocycles. The lowest BCUT2D eigenvalue weighted by atomic mass is 10.0. The van der Waals surface area contributed by atoms with Gasteiger partial charge in [-0.15, -0.1) is 0 Å². The molecule has 7 heteroatoms. The molecule has 0 aliphatic rings. The first-order valence-electron chi connectivity index (χ1n) is 7.64. The molecule has 0 aromatic heterocycles. The highest BCUT2D eigenvalue weighted by Crippen LogP contribution is 2.21. The van der Waals surface area contributed by atoms with Gasteiger partial charge in [0, 0.05) is 19.1 Å². The number of nitro groups is 1. The summed E-state index contributed by atoms with van der Waals surface area (Å²) in [6.07, 6.45) is -0.0559. The van der Waals surface area contributed by atoms with Crippen LogP contribution in [0.4, 0.5) is 5.69 Å². The fraction of sp³-hybridized carbons (Fsp3) is 0.222. The van der Waals surface area contributed by atoms with E-state index in [9.17, 15) is 19.7 Å². The number of rotatable bonds is 6. The molecule has 2 rings (SSSR count). The fourth-order valence-electron chi connectivity index (χ4n) is 2.27. The predicted octanol–water partition coefficient (Wildman–Crippen LogP) is 3.08. The van der Waals surface area contributed by atoms with Gasteiger partial charge in [-0.2, -0.15) is 0 Å². The number of benzene rings is 2. The Morgan fingerprint density at radius 2 is 1.72 bits per heavy atom. The molecule has 1 unspecified atom stereocenters. The zero-order valence-corrected chi connectivity index (χ0v) is 13.9. The molecule has 1 N–H and O–H groups in total. The first kappa shape index (κ1) is 18.1. The van der Waals surface area contributed by atoms with E-state index in [1.54, 1.807) is 0 Å². The summed E-state index contributed by atoms with van der Waals surface area (Å²) < 4.78 is 5.19. The van der Waals surface area contributed by atoms with Crippen LogP contribution in [0.3, 0.4) is 0 Å². The van der Waals surface area contributed by atoms with Crippen LogP contribution < -0.4 is 10.1 Å². The van der Waals surface area contributed by atoms with Crippen molar-refractivity contribution in [3.63, 3.8) is 0 Å². The Morgan fingerprint density at radius 3 is 2.24 bits per heavy atom. The van der Waals surface area contributed by atoms with Gasteiger partial charge in [0.25, 0.3) is 5.69 Å². The number of aryl methyl sites for hydroxylation is 1. The summed E-state index contributed by atoms with van der Waals surface area (Å²) in [7, 11) is 0. The Balaban J connectivity index is 2.07. The normalized spacial score (nSPS) is 11.4. The molecule has 25 heavy (non-hydrogen) atoms. The van der Waals surface area contributed by atoms with Crippen LogP contribution in [0.25, 0.3) is 0 Å². The van der Waals surface area contributed by atoms with Crippen LogP contribution in [0.2, 0.25) is 0 Å². The zero-order chi connectivity index (χ0) is 18.4. The van der Waals surface area contributed by atoms with Crippen molar-refractivity contribution in [1.82, 2.24) is 5.32 Å². The van der Waals surface area contributed by atoms with Crippen LogP contribution in [-0.4, -0.2) is 16.8 Å². The number of nitro benzene ring substituents is 1. The third kappa shape index (κ3) is 5.42. The van der Waals surface area contributed by atoms with Gasteiger partial charge in [0.1, 0.15) is 5.75 Å². The second-order valence-electron chi connectivity index (χ2n) is 5.59. The monoisotopic (exact) mass is 342 g/mol. The highest BCUT2D eigenvalue weighted by Gasteiger charge is 2.19. The summed E-state index contributed by atoms with van der Waals surface area (Å²) in [5, 5.41) is 13.3. The Bertz CT molecular complexity index is 769. The number of hydrogen-bond acceptors (Lipinski definition) is 5. The lowest BCUT2D eigenvalue weighted by Gasteiger charge is -2.17. The van der Waals surface area contributed by atoms with Crippen molar-refractivity contribution in [2.75, 3.05) is 0 Å². The van der Waals surface area contributed by atoms with Crippen LogP contribution in [-0.2, 0) is 9.59 Å². The molecule has 0 saturated heterocycles. The minimum atomic E-state index is -0.548. The molecule has 0 bridgehead atoms. The highest BCUT2D eigenvalue weighted by atomic mass is 16.6. The van der Waals surface area contributed by atoms with Crippen molar-refractivity contribution in [2.24, 2.45) is 0 Å². The summed E-state index contributed by atoms with van der Waals surface area (Å²) in [6.45, 7) is 3.32. The first-order chi connectivity index (χ1) is 11.8. The zero-order valence-electron chi connectivity index (χ0n) is 13.9. The molecule has 2 aromatic rings. The van der Waals surface area contributed by atoms with Gasteiger partial charge >= 0.3 is 5.97 Å². The van der Waals surface area contributed by atoms with E-state index in [-0.39, 0.29) is 23.8 Å². The van der Waals surface area contributed by atoms with Crippen molar-refractivity contribution in [2.45, 2.75) is 26.3 Å². The Morgan fingerprint density at radius 1 is 1.12 bits per heavy atom. The molecule has 130 valence electrons. The molecular weight excluding hydrogens is 324 g/mol. The van der Waals surface area contributed by atoms with Gasteiger partial charge < -0.3 is 10.1 Å². The van der Waals surface area contributed by atoms with Gasteiger partial charge in [-0.1, -0.05) is 29.8 Å². The summed E-state index contributed by atoms with van der Waals surface area (Å²) in [5.74, 6) is -0.594. The van der Waals surface area contributed by atoms with E-state index in [1.165, 1.54) is 31.2 Å². The topological polar surface area (TPSA) is 98.5 Å². The summed E-state index contributed by atoms with van der Waals surface area (Å²) in [4.78, 5) is 33.7. The second-order valence-corrected chi connectivity index (χ2v) is 5.59. The molecule has 0 spiro atoms. The minimum Gasteiger partial charge on any atom is -0.426 e. The van der Waals surface area contributed by atoms with Crippen LogP contribution in [0, 0.1) is 17.0 Å². The summed E-state index contributed by atoms with van der Waals surface area (Å²) in [6, 6.07) is 12.2. The minimum absolute atomic E-state index is 0.0559.